The average molecular weight is 448 g/mol. The molecule has 0 aliphatic rings. The summed E-state index contributed by atoms with van der Waals surface area (Å²) < 4.78 is 77.7. The zero-order valence-corrected chi connectivity index (χ0v) is 15.6. The summed E-state index contributed by atoms with van der Waals surface area (Å²) in [6, 6.07) is 1.22. The Kier molecular flexibility index (Phi) is 6.54. The third-order valence-electron chi connectivity index (χ3n) is 2.97. The number of rotatable bonds is 4. The summed E-state index contributed by atoms with van der Waals surface area (Å²) in [6.07, 6.45) is 0.430. The molecule has 1 heterocycles. The van der Waals surface area contributed by atoms with E-state index in [9.17, 15) is 26.3 Å². The smallest absolute Gasteiger partial charge is 0.236 e. The van der Waals surface area contributed by atoms with Crippen LogP contribution in [-0.4, -0.2) is 21.5 Å². The number of thioether (sulfide) groups is 1. The molecule has 0 radical (unpaired) electrons. The van der Waals surface area contributed by atoms with Gasteiger partial charge in [0.1, 0.15) is 5.69 Å². The number of halogens is 8. The normalized spacial score (nSPS) is 13.2. The van der Waals surface area contributed by atoms with Crippen molar-refractivity contribution in [3.8, 4) is 5.69 Å². The summed E-state index contributed by atoms with van der Waals surface area (Å²) >= 11 is 11.4. The molecule has 0 aliphatic carbocycles. The van der Waals surface area contributed by atoms with Crippen molar-refractivity contribution in [2.75, 3.05) is 0 Å². The van der Waals surface area contributed by atoms with Crippen LogP contribution in [0.25, 0.3) is 5.69 Å². The Labute approximate surface area is 163 Å². The van der Waals surface area contributed by atoms with E-state index in [1.807, 2.05) is 0 Å². The monoisotopic (exact) mass is 447 g/mol. The minimum absolute atomic E-state index is 0.215. The van der Waals surface area contributed by atoms with Crippen molar-refractivity contribution in [1.29, 1.82) is 0 Å². The summed E-state index contributed by atoms with van der Waals surface area (Å²) in [5.74, 6) is -0.279. The molecule has 12 heteroatoms. The lowest BCUT2D eigenvalue weighted by Crippen LogP contribution is -2.07. The molecule has 3 nitrogen and oxygen atoms in total. The number of allylic oxidation sites excluding steroid dienone is 2. The van der Waals surface area contributed by atoms with Crippen molar-refractivity contribution in [2.24, 2.45) is 4.99 Å². The summed E-state index contributed by atoms with van der Waals surface area (Å²) in [4.78, 5) is 3.53. The number of nitrogens with zero attached hydrogens (tertiary/aromatic N) is 3. The minimum atomic E-state index is -4.69. The van der Waals surface area contributed by atoms with Gasteiger partial charge in [-0.05, 0) is 36.9 Å². The minimum Gasteiger partial charge on any atom is -0.236 e. The Balaban J connectivity index is 2.65. The molecule has 0 saturated heterocycles. The summed E-state index contributed by atoms with van der Waals surface area (Å²) in [6.45, 7) is 1.66. The van der Waals surface area contributed by atoms with Gasteiger partial charge in [0.15, 0.2) is 5.82 Å². The average Bonchev–Trinajstić information content (AvgIpc) is 2.87. The van der Waals surface area contributed by atoms with E-state index >= 15 is 0 Å². The van der Waals surface area contributed by atoms with Crippen molar-refractivity contribution < 1.29 is 26.3 Å². The molecule has 2 aromatic rings. The van der Waals surface area contributed by atoms with Crippen LogP contribution in [0, 0.1) is 0 Å². The molecule has 0 spiro atoms. The van der Waals surface area contributed by atoms with Gasteiger partial charge in [0.05, 0.1) is 26.7 Å². The molecule has 0 fully saturated rings. The highest BCUT2D eigenvalue weighted by Crippen LogP contribution is 2.44. The van der Waals surface area contributed by atoms with Crippen LogP contribution in [0.4, 0.5) is 32.2 Å². The topological polar surface area (TPSA) is 30.2 Å². The van der Waals surface area contributed by atoms with E-state index in [1.54, 1.807) is 13.0 Å². The van der Waals surface area contributed by atoms with E-state index < -0.39 is 39.1 Å². The molecule has 0 unspecified atom stereocenters. The number of hydrogen-bond acceptors (Lipinski definition) is 3. The van der Waals surface area contributed by atoms with Crippen LogP contribution in [0.15, 0.2) is 40.4 Å². The number of aromatic nitrogens is 2. The zero-order chi connectivity index (χ0) is 20.4. The Morgan fingerprint density at radius 1 is 1.11 bits per heavy atom. The molecule has 1 aromatic carbocycles. The van der Waals surface area contributed by atoms with Crippen molar-refractivity contribution in [3.63, 3.8) is 0 Å². The molecule has 0 atom stereocenters. The van der Waals surface area contributed by atoms with Crippen molar-refractivity contribution >= 4 is 47.0 Å². The fourth-order valence-electron chi connectivity index (χ4n) is 1.94. The molecule has 1 aromatic heterocycles. The maximum atomic E-state index is 12.9. The van der Waals surface area contributed by atoms with E-state index in [0.717, 1.165) is 10.9 Å². The first-order valence-corrected chi connectivity index (χ1v) is 8.57. The zero-order valence-electron chi connectivity index (χ0n) is 13.2. The van der Waals surface area contributed by atoms with E-state index in [1.165, 1.54) is 12.3 Å². The maximum absolute atomic E-state index is 12.9. The van der Waals surface area contributed by atoms with Gasteiger partial charge >= 0.3 is 11.7 Å². The summed E-state index contributed by atoms with van der Waals surface area (Å²) in [7, 11) is 0. The second kappa shape index (κ2) is 8.15. The summed E-state index contributed by atoms with van der Waals surface area (Å²) in [5, 5.41) is 2.89. The lowest BCUT2D eigenvalue weighted by atomic mass is 10.2. The lowest BCUT2D eigenvalue weighted by molar-refractivity contribution is -0.137. The third-order valence-corrected chi connectivity index (χ3v) is 4.28. The van der Waals surface area contributed by atoms with Crippen LogP contribution in [0.3, 0.4) is 0 Å². The molecular weight excluding hydrogens is 439 g/mol. The van der Waals surface area contributed by atoms with Crippen LogP contribution < -0.4 is 0 Å². The molecule has 0 saturated carbocycles. The van der Waals surface area contributed by atoms with Gasteiger partial charge in [-0.3, -0.25) is 0 Å². The van der Waals surface area contributed by atoms with Gasteiger partial charge in [0.2, 0.25) is 0 Å². The fraction of sp³-hybridized carbons (Fsp3) is 0.200. The predicted molar refractivity (Wildman–Crippen MR) is 93.5 cm³/mol. The third kappa shape index (κ3) is 5.43. The first-order valence-electron chi connectivity index (χ1n) is 6.99. The molecule has 0 aliphatic heterocycles. The second-order valence-corrected chi connectivity index (χ2v) is 6.80. The molecule has 0 N–H and O–H groups in total. The first-order chi connectivity index (χ1) is 12.4. The number of benzene rings is 1. The fourth-order valence-corrected chi connectivity index (χ4v) is 3.16. The summed E-state index contributed by atoms with van der Waals surface area (Å²) in [5.41, 5.74) is -5.93. The van der Waals surface area contributed by atoms with Gasteiger partial charge in [0.25, 0.3) is 0 Å². The highest BCUT2D eigenvalue weighted by Gasteiger charge is 2.34. The van der Waals surface area contributed by atoms with Crippen LogP contribution in [0.5, 0.6) is 0 Å². The van der Waals surface area contributed by atoms with Gasteiger partial charge in [-0.25, -0.2) is 9.67 Å². The van der Waals surface area contributed by atoms with Crippen molar-refractivity contribution in [1.82, 2.24) is 9.78 Å². The number of alkyl halides is 6. The van der Waals surface area contributed by atoms with Crippen LogP contribution >= 0.6 is 35.0 Å². The maximum Gasteiger partial charge on any atom is 0.446 e. The Bertz CT molecular complexity index is 864. The molecule has 2 rings (SSSR count). The van der Waals surface area contributed by atoms with Gasteiger partial charge in [-0.2, -0.15) is 31.4 Å². The van der Waals surface area contributed by atoms with E-state index in [4.69, 9.17) is 23.2 Å². The van der Waals surface area contributed by atoms with Gasteiger partial charge in [0, 0.05) is 6.21 Å². The van der Waals surface area contributed by atoms with E-state index in [0.29, 0.717) is 12.1 Å². The Hall–Kier alpha value is -1.65. The SMILES string of the molecule is CC=CC=Nc1c(SC(F)(F)F)cnn1-c1c(Cl)cc(C(F)(F)F)cc1Cl. The quantitative estimate of drug-likeness (QED) is 0.284. The molecule has 0 amide bonds. The Morgan fingerprint density at radius 3 is 2.19 bits per heavy atom. The second-order valence-electron chi connectivity index (χ2n) is 4.88. The lowest BCUT2D eigenvalue weighted by Gasteiger charge is -2.13. The molecule has 27 heavy (non-hydrogen) atoms. The van der Waals surface area contributed by atoms with E-state index in [-0.39, 0.29) is 16.4 Å². The first kappa shape index (κ1) is 21.6. The van der Waals surface area contributed by atoms with Crippen molar-refractivity contribution in [2.45, 2.75) is 23.5 Å². The number of aliphatic imine (C=N–C) groups is 1. The largest absolute Gasteiger partial charge is 0.446 e. The van der Waals surface area contributed by atoms with Crippen LogP contribution in [0.2, 0.25) is 10.0 Å². The van der Waals surface area contributed by atoms with Gasteiger partial charge < -0.3 is 0 Å². The highest BCUT2D eigenvalue weighted by atomic mass is 35.5. The standard InChI is InChI=1S/C15H9Cl2F6N3S/c1-2-3-4-24-13-11(27-15(21,22)23)7-25-26(13)12-9(16)5-8(6-10(12)17)14(18,19)20/h2-7H,1H3. The molecule has 146 valence electrons. The highest BCUT2D eigenvalue weighted by molar-refractivity contribution is 8.00. The molecule has 0 bridgehead atoms. The van der Waals surface area contributed by atoms with Crippen LogP contribution in [0.1, 0.15) is 12.5 Å². The number of hydrogen-bond donors (Lipinski definition) is 0. The Morgan fingerprint density at radius 2 is 1.70 bits per heavy atom. The van der Waals surface area contributed by atoms with Crippen LogP contribution in [-0.2, 0) is 6.18 Å². The van der Waals surface area contributed by atoms with Crippen molar-refractivity contribution in [3.05, 3.63) is 46.1 Å². The van der Waals surface area contributed by atoms with Gasteiger partial charge in [-0.15, -0.1) is 0 Å². The predicted octanol–water partition coefficient (Wildman–Crippen LogP) is 7.09. The van der Waals surface area contributed by atoms with E-state index in [2.05, 4.69) is 10.1 Å². The van der Waals surface area contributed by atoms with Gasteiger partial charge in [-0.1, -0.05) is 29.3 Å². The molecular formula is C15H9Cl2F6N3S.